The molecule has 0 fully saturated rings. The predicted molar refractivity (Wildman–Crippen MR) is 138 cm³/mol. The maximum atomic E-state index is 12.6. The van der Waals surface area contributed by atoms with E-state index in [2.05, 4.69) is 25.8 Å². The van der Waals surface area contributed by atoms with Gasteiger partial charge in [-0.2, -0.15) is 4.98 Å². The number of nitrogens with zero attached hydrogens (tertiary/aromatic N) is 5. The highest BCUT2D eigenvalue weighted by atomic mass is 16.5. The van der Waals surface area contributed by atoms with E-state index < -0.39 is 0 Å². The van der Waals surface area contributed by atoms with E-state index in [0.29, 0.717) is 28.3 Å². The number of pyridine rings is 1. The van der Waals surface area contributed by atoms with E-state index in [9.17, 15) is 9.90 Å². The van der Waals surface area contributed by atoms with Crippen molar-refractivity contribution in [1.29, 1.82) is 0 Å². The summed E-state index contributed by atoms with van der Waals surface area (Å²) in [5.74, 6) is 0.882. The zero-order valence-electron chi connectivity index (χ0n) is 20.2. The first-order valence-electron chi connectivity index (χ1n) is 11.6. The van der Waals surface area contributed by atoms with Gasteiger partial charge in [0.1, 0.15) is 5.82 Å². The smallest absolute Gasteiger partial charge is 0.274 e. The summed E-state index contributed by atoms with van der Waals surface area (Å²) in [5, 5.41) is 21.2. The third kappa shape index (κ3) is 4.34. The van der Waals surface area contributed by atoms with Crippen LogP contribution in [0.5, 0.6) is 0 Å². The van der Waals surface area contributed by atoms with Crippen LogP contribution < -0.4 is 16.2 Å². The zero-order valence-corrected chi connectivity index (χ0v) is 20.2. The molecule has 0 saturated heterocycles. The summed E-state index contributed by atoms with van der Waals surface area (Å²) >= 11 is 0. The highest BCUT2D eigenvalue weighted by Gasteiger charge is 2.18. The van der Waals surface area contributed by atoms with Crippen LogP contribution in [0.3, 0.4) is 0 Å². The van der Waals surface area contributed by atoms with Crippen LogP contribution in [0.1, 0.15) is 31.5 Å². The standard InChI is InChI=1S/C26H27N7O3/c1-16(2)33-23-11-18(9-10-19(23)26(35)32(33)3)30-24-12-21(20(13-27-24)25-28-15-29-36-25)31-22(14-34)17-7-5-4-6-8-17/h4-13,15-16,22,34H,14H2,1-3H3,(H2,27,30,31)/t22-/m1/s1. The summed E-state index contributed by atoms with van der Waals surface area (Å²) in [6, 6.07) is 16.9. The fourth-order valence-corrected chi connectivity index (χ4v) is 4.40. The van der Waals surface area contributed by atoms with E-state index in [1.54, 1.807) is 17.9 Å². The fourth-order valence-electron chi connectivity index (χ4n) is 4.40. The lowest BCUT2D eigenvalue weighted by atomic mass is 10.1. The molecule has 1 atom stereocenters. The topological polar surface area (TPSA) is 123 Å². The highest BCUT2D eigenvalue weighted by Crippen LogP contribution is 2.32. The number of nitrogens with one attached hydrogen (secondary N) is 2. The molecule has 184 valence electrons. The van der Waals surface area contributed by atoms with Crippen LogP contribution in [0.25, 0.3) is 22.4 Å². The minimum atomic E-state index is -0.357. The van der Waals surface area contributed by atoms with Gasteiger partial charge in [0.25, 0.3) is 11.4 Å². The van der Waals surface area contributed by atoms with Crippen molar-refractivity contribution in [2.75, 3.05) is 17.2 Å². The molecule has 0 bridgehead atoms. The Hall–Kier alpha value is -4.44. The Balaban J connectivity index is 1.52. The van der Waals surface area contributed by atoms with Crippen LogP contribution in [0.15, 0.2) is 76.4 Å². The summed E-state index contributed by atoms with van der Waals surface area (Å²) in [7, 11) is 1.77. The molecule has 3 aromatic heterocycles. The Bertz CT molecular complexity index is 1540. The molecule has 0 spiro atoms. The highest BCUT2D eigenvalue weighted by molar-refractivity contribution is 5.84. The van der Waals surface area contributed by atoms with Crippen LogP contribution in [0, 0.1) is 0 Å². The molecule has 5 rings (SSSR count). The number of aliphatic hydroxyl groups is 1. The normalized spacial score (nSPS) is 12.2. The monoisotopic (exact) mass is 485 g/mol. The number of fused-ring (bicyclic) bond motifs is 1. The second-order valence-corrected chi connectivity index (χ2v) is 8.78. The van der Waals surface area contributed by atoms with Crippen molar-refractivity contribution in [3.63, 3.8) is 0 Å². The van der Waals surface area contributed by atoms with Gasteiger partial charge >= 0.3 is 0 Å². The number of rotatable bonds is 8. The van der Waals surface area contributed by atoms with Gasteiger partial charge in [-0.3, -0.25) is 14.2 Å². The quantitative estimate of drug-likeness (QED) is 0.298. The van der Waals surface area contributed by atoms with Gasteiger partial charge in [-0.15, -0.1) is 0 Å². The number of hydrogen-bond acceptors (Lipinski definition) is 8. The van der Waals surface area contributed by atoms with Crippen molar-refractivity contribution in [3.05, 3.63) is 83.0 Å². The predicted octanol–water partition coefficient (Wildman–Crippen LogP) is 4.26. The van der Waals surface area contributed by atoms with E-state index in [1.165, 1.54) is 6.33 Å². The van der Waals surface area contributed by atoms with Gasteiger partial charge in [-0.05, 0) is 37.6 Å². The van der Waals surface area contributed by atoms with Gasteiger partial charge in [0.05, 0.1) is 34.8 Å². The minimum Gasteiger partial charge on any atom is -0.394 e. The number of aliphatic hydroxyl groups excluding tert-OH is 1. The summed E-state index contributed by atoms with van der Waals surface area (Å²) in [6.07, 6.45) is 2.97. The van der Waals surface area contributed by atoms with Crippen molar-refractivity contribution >= 4 is 28.1 Å². The molecule has 0 radical (unpaired) electrons. The van der Waals surface area contributed by atoms with Gasteiger partial charge in [0.15, 0.2) is 6.33 Å². The van der Waals surface area contributed by atoms with E-state index in [-0.39, 0.29) is 24.2 Å². The van der Waals surface area contributed by atoms with E-state index in [0.717, 1.165) is 16.8 Å². The minimum absolute atomic E-state index is 0.0327. The molecule has 10 nitrogen and oxygen atoms in total. The van der Waals surface area contributed by atoms with Crippen molar-refractivity contribution in [1.82, 2.24) is 24.5 Å². The first-order valence-corrected chi connectivity index (χ1v) is 11.6. The van der Waals surface area contributed by atoms with Crippen LogP contribution in [0.2, 0.25) is 0 Å². The van der Waals surface area contributed by atoms with Gasteiger partial charge in [0.2, 0.25) is 0 Å². The Morgan fingerprint density at radius 1 is 1.08 bits per heavy atom. The molecular formula is C26H27N7O3. The van der Waals surface area contributed by atoms with Gasteiger partial charge < -0.3 is 20.3 Å². The van der Waals surface area contributed by atoms with Crippen molar-refractivity contribution in [2.45, 2.75) is 25.9 Å². The first-order chi connectivity index (χ1) is 17.5. The molecular weight excluding hydrogens is 458 g/mol. The lowest BCUT2D eigenvalue weighted by Crippen LogP contribution is -2.20. The Labute approximate surface area is 207 Å². The van der Waals surface area contributed by atoms with Gasteiger partial charge in [0, 0.05) is 31.0 Å². The van der Waals surface area contributed by atoms with E-state index in [1.807, 2.05) is 73.1 Å². The van der Waals surface area contributed by atoms with Crippen molar-refractivity contribution < 1.29 is 9.63 Å². The van der Waals surface area contributed by atoms with Crippen molar-refractivity contribution in [3.8, 4) is 11.5 Å². The maximum Gasteiger partial charge on any atom is 0.274 e. The van der Waals surface area contributed by atoms with Gasteiger partial charge in [-0.1, -0.05) is 35.5 Å². The number of hydrogen-bond donors (Lipinski definition) is 3. The molecule has 36 heavy (non-hydrogen) atoms. The number of benzene rings is 2. The third-order valence-corrected chi connectivity index (χ3v) is 6.06. The Morgan fingerprint density at radius 2 is 1.89 bits per heavy atom. The molecule has 3 heterocycles. The summed E-state index contributed by atoms with van der Waals surface area (Å²) in [4.78, 5) is 21.3. The number of anilines is 3. The number of aromatic nitrogens is 5. The molecule has 0 unspecified atom stereocenters. The second kappa shape index (κ2) is 9.67. The van der Waals surface area contributed by atoms with Crippen molar-refractivity contribution in [2.24, 2.45) is 7.05 Å². The molecule has 2 aromatic carbocycles. The molecule has 0 aliphatic carbocycles. The molecule has 0 amide bonds. The Kier molecular flexibility index (Phi) is 6.26. The summed E-state index contributed by atoms with van der Waals surface area (Å²) in [6.45, 7) is 3.97. The largest absolute Gasteiger partial charge is 0.394 e. The average molecular weight is 486 g/mol. The maximum absolute atomic E-state index is 12.6. The molecule has 3 N–H and O–H groups in total. The third-order valence-electron chi connectivity index (χ3n) is 6.06. The fraction of sp³-hybridized carbons (Fsp3) is 0.231. The average Bonchev–Trinajstić information content (AvgIpc) is 3.50. The second-order valence-electron chi connectivity index (χ2n) is 8.78. The lowest BCUT2D eigenvalue weighted by Gasteiger charge is -2.20. The van der Waals surface area contributed by atoms with Crippen LogP contribution >= 0.6 is 0 Å². The van der Waals surface area contributed by atoms with Crippen LogP contribution in [-0.2, 0) is 7.05 Å². The first kappa shape index (κ1) is 23.3. The lowest BCUT2D eigenvalue weighted by molar-refractivity contribution is 0.276. The SMILES string of the molecule is CC(C)n1c2cc(Nc3cc(N[C@H](CO)c4ccccc4)c(-c4ncno4)cn3)ccc2c(=O)n1C. The summed E-state index contributed by atoms with van der Waals surface area (Å²) in [5.41, 5.74) is 3.80. The van der Waals surface area contributed by atoms with E-state index >= 15 is 0 Å². The molecule has 5 aromatic rings. The van der Waals surface area contributed by atoms with E-state index in [4.69, 9.17) is 4.52 Å². The van der Waals surface area contributed by atoms with Crippen LogP contribution in [0.4, 0.5) is 17.2 Å². The zero-order chi connectivity index (χ0) is 25.2. The molecule has 10 heteroatoms. The molecule has 0 aliphatic rings. The van der Waals surface area contributed by atoms with Gasteiger partial charge in [-0.25, -0.2) is 4.98 Å². The molecule has 0 aliphatic heterocycles. The van der Waals surface area contributed by atoms with Crippen LogP contribution in [-0.4, -0.2) is 36.2 Å². The summed E-state index contributed by atoms with van der Waals surface area (Å²) < 4.78 is 8.88. The Morgan fingerprint density at radius 3 is 2.58 bits per heavy atom. The molecule has 0 saturated carbocycles.